The normalized spacial score (nSPS) is 11.2. The van der Waals surface area contributed by atoms with Crippen LogP contribution in [0, 0.1) is 10.4 Å². The van der Waals surface area contributed by atoms with E-state index in [4.69, 9.17) is 19.3 Å². The highest BCUT2D eigenvalue weighted by atomic mass is 16.8. The van der Waals surface area contributed by atoms with E-state index in [0.717, 1.165) is 5.52 Å². The summed E-state index contributed by atoms with van der Waals surface area (Å²) in [5.74, 6) is -0.0262. The summed E-state index contributed by atoms with van der Waals surface area (Å²) in [6.45, 7) is 1.85. The van der Waals surface area contributed by atoms with Gasteiger partial charge in [-0.25, -0.2) is 9.78 Å². The minimum atomic E-state index is -0.721. The molecule has 222 valence electrons. The number of ether oxygens (including phenoxy) is 1. The maximum absolute atomic E-state index is 14.3. The number of aryl methyl sites for hydroxylation is 2. The van der Waals surface area contributed by atoms with Gasteiger partial charge < -0.3 is 34.6 Å². The average Bonchev–Trinajstić information content (AvgIpc) is 3.36. The van der Waals surface area contributed by atoms with Crippen LogP contribution < -0.4 is 20.6 Å². The number of para-hydroxylation sites is 2. The van der Waals surface area contributed by atoms with Gasteiger partial charge in [-0.3, -0.25) is 15.2 Å². The van der Waals surface area contributed by atoms with Crippen molar-refractivity contribution in [3.8, 4) is 28.5 Å². The van der Waals surface area contributed by atoms with Gasteiger partial charge in [0.1, 0.15) is 28.5 Å². The van der Waals surface area contributed by atoms with Gasteiger partial charge in [0, 0.05) is 18.7 Å². The minimum absolute atomic E-state index is 0.0158. The molecule has 6 aromatic rings. The van der Waals surface area contributed by atoms with Crippen LogP contribution in [0.2, 0.25) is 0 Å². The highest BCUT2D eigenvalue weighted by Crippen LogP contribution is 2.36. The molecule has 0 fully saturated rings. The Morgan fingerprint density at radius 3 is 2.20 bits per heavy atom. The van der Waals surface area contributed by atoms with Crippen LogP contribution in [0.3, 0.4) is 0 Å². The van der Waals surface area contributed by atoms with Gasteiger partial charge in [0.25, 0.3) is 0 Å². The van der Waals surface area contributed by atoms with Crippen molar-refractivity contribution in [2.24, 2.45) is 7.05 Å². The molecule has 0 spiro atoms. The van der Waals surface area contributed by atoms with Crippen molar-refractivity contribution in [3.63, 3.8) is 0 Å². The smallest absolute Gasteiger partial charge is 0.343 e. The van der Waals surface area contributed by atoms with Crippen LogP contribution in [0.25, 0.3) is 44.7 Å². The SMILES string of the molecule is CCc1cc2c(=O)c(-c3nc4ccccc4n3C)c(-c3ccc(N([O-])O)cc3)oc2cc1OC(=O)c1ccc(N([O-])O)cc1. The van der Waals surface area contributed by atoms with Crippen molar-refractivity contribution in [1.29, 1.82) is 0 Å². The molecule has 2 heterocycles. The molecule has 4 aromatic carbocycles. The molecule has 0 unspecified atom stereocenters. The van der Waals surface area contributed by atoms with E-state index in [1.165, 1.54) is 54.6 Å². The zero-order chi connectivity index (χ0) is 31.1. The average molecular weight is 593 g/mol. The monoisotopic (exact) mass is 592 g/mol. The largest absolute Gasteiger partial charge is 0.733 e. The first kappa shape index (κ1) is 28.6. The van der Waals surface area contributed by atoms with E-state index in [1.54, 1.807) is 17.7 Å². The molecule has 0 saturated heterocycles. The fourth-order valence-corrected chi connectivity index (χ4v) is 5.04. The Labute approximate surface area is 249 Å². The first-order chi connectivity index (χ1) is 21.2. The summed E-state index contributed by atoms with van der Waals surface area (Å²) in [5, 5.41) is 40.5. The van der Waals surface area contributed by atoms with Crippen LogP contribution in [0.1, 0.15) is 22.8 Å². The number of esters is 1. The van der Waals surface area contributed by atoms with Crippen LogP contribution in [0.5, 0.6) is 5.75 Å². The molecule has 0 radical (unpaired) electrons. The zero-order valence-electron chi connectivity index (χ0n) is 23.4. The number of carbonyl (C=O) groups excluding carboxylic acids is 1. The number of anilines is 2. The molecule has 2 N–H and O–H groups in total. The quantitative estimate of drug-likeness (QED) is 0.123. The highest BCUT2D eigenvalue weighted by molar-refractivity contribution is 5.94. The second-order valence-corrected chi connectivity index (χ2v) is 9.96. The molecule has 12 heteroatoms. The Balaban J connectivity index is 1.53. The van der Waals surface area contributed by atoms with Gasteiger partial charge in [0.05, 0.1) is 33.4 Å². The lowest BCUT2D eigenvalue weighted by Crippen LogP contribution is -2.13. The summed E-state index contributed by atoms with van der Waals surface area (Å²) in [5.41, 5.74) is 2.52. The van der Waals surface area contributed by atoms with Crippen molar-refractivity contribution >= 4 is 39.3 Å². The fraction of sp³-hybridized carbons (Fsp3) is 0.0938. The second-order valence-electron chi connectivity index (χ2n) is 9.96. The molecule has 0 aliphatic rings. The van der Waals surface area contributed by atoms with Crippen molar-refractivity contribution in [2.45, 2.75) is 13.3 Å². The van der Waals surface area contributed by atoms with Crippen LogP contribution in [0.4, 0.5) is 11.4 Å². The molecule has 0 bridgehead atoms. The van der Waals surface area contributed by atoms with Crippen molar-refractivity contribution < 1.29 is 24.4 Å². The molecule has 2 aromatic heterocycles. The number of hydrogen-bond acceptors (Lipinski definition) is 11. The number of nitrogens with zero attached hydrogens (tertiary/aromatic N) is 4. The number of benzene rings is 4. The standard InChI is InChI=1S/C32H24N4O8/c1-3-18-16-23-27(17-26(18)44-32(38)20-10-14-22(15-11-20)36(41)42)43-30(19-8-12-21(13-9-19)35(39)40)28(29(23)37)31-33-24-6-4-5-7-25(24)34(31)2/h4-17,39,41H,3H2,1-2H3/q-2. The van der Waals surface area contributed by atoms with Gasteiger partial charge in [-0.05, 0) is 78.7 Å². The predicted octanol–water partition coefficient (Wildman–Crippen LogP) is 6.18. The maximum atomic E-state index is 14.3. The van der Waals surface area contributed by atoms with E-state index in [1.807, 2.05) is 31.2 Å². The van der Waals surface area contributed by atoms with E-state index >= 15 is 0 Å². The zero-order valence-corrected chi connectivity index (χ0v) is 23.4. The van der Waals surface area contributed by atoms with E-state index in [-0.39, 0.29) is 60.9 Å². The summed E-state index contributed by atoms with van der Waals surface area (Å²) >= 11 is 0. The molecule has 6 rings (SSSR count). The molecule has 0 saturated carbocycles. The Morgan fingerprint density at radius 2 is 1.59 bits per heavy atom. The molecular formula is C32H24N4O8-2. The molecule has 12 nitrogen and oxygen atoms in total. The van der Waals surface area contributed by atoms with Crippen LogP contribution in [0.15, 0.2) is 94.1 Å². The van der Waals surface area contributed by atoms with Gasteiger partial charge in [0.2, 0.25) is 5.43 Å². The van der Waals surface area contributed by atoms with Gasteiger partial charge >= 0.3 is 5.97 Å². The Morgan fingerprint density at radius 1 is 0.955 bits per heavy atom. The van der Waals surface area contributed by atoms with E-state index in [0.29, 0.717) is 28.9 Å². The summed E-state index contributed by atoms with van der Waals surface area (Å²) in [4.78, 5) is 32.0. The molecule has 0 amide bonds. The lowest BCUT2D eigenvalue weighted by atomic mass is 10.0. The summed E-state index contributed by atoms with van der Waals surface area (Å²) in [7, 11) is 1.80. The Hall–Kier alpha value is -5.53. The van der Waals surface area contributed by atoms with Gasteiger partial charge in [-0.15, -0.1) is 0 Å². The summed E-state index contributed by atoms with van der Waals surface area (Å²) in [6.07, 6.45) is 0.421. The Kier molecular flexibility index (Phi) is 7.33. The third-order valence-electron chi connectivity index (χ3n) is 7.34. The van der Waals surface area contributed by atoms with Gasteiger partial charge in [-0.1, -0.05) is 19.1 Å². The number of hydrogen-bond donors (Lipinski definition) is 2. The van der Waals surface area contributed by atoms with E-state index in [2.05, 4.69) is 0 Å². The second kappa shape index (κ2) is 11.3. The predicted molar refractivity (Wildman–Crippen MR) is 164 cm³/mol. The topological polar surface area (TPSA) is 167 Å². The van der Waals surface area contributed by atoms with Gasteiger partial charge in [0.15, 0.2) is 0 Å². The third kappa shape index (κ3) is 5.03. The molecule has 0 aliphatic heterocycles. The fourth-order valence-electron chi connectivity index (χ4n) is 5.04. The number of carbonyl (C=O) groups is 1. The minimum Gasteiger partial charge on any atom is -0.733 e. The highest BCUT2D eigenvalue weighted by Gasteiger charge is 2.24. The van der Waals surface area contributed by atoms with Crippen molar-refractivity contribution in [1.82, 2.24) is 9.55 Å². The molecule has 0 aliphatic carbocycles. The van der Waals surface area contributed by atoms with Gasteiger partial charge in [-0.2, -0.15) is 0 Å². The first-order valence-electron chi connectivity index (χ1n) is 13.5. The molecular weight excluding hydrogens is 568 g/mol. The first-order valence-corrected chi connectivity index (χ1v) is 13.5. The van der Waals surface area contributed by atoms with Crippen molar-refractivity contribution in [2.75, 3.05) is 10.5 Å². The third-order valence-corrected chi connectivity index (χ3v) is 7.34. The summed E-state index contributed by atoms with van der Waals surface area (Å²) < 4.78 is 13.9. The Bertz CT molecular complexity index is 2080. The van der Waals surface area contributed by atoms with Crippen molar-refractivity contribution in [3.05, 3.63) is 117 Å². The maximum Gasteiger partial charge on any atom is 0.343 e. The number of aromatic nitrogens is 2. The molecule has 0 atom stereocenters. The van der Waals surface area contributed by atoms with Crippen LogP contribution in [-0.4, -0.2) is 25.9 Å². The number of imidazole rings is 1. The van der Waals surface area contributed by atoms with Crippen LogP contribution in [-0.2, 0) is 13.5 Å². The summed E-state index contributed by atoms with van der Waals surface area (Å²) in [6, 6.07) is 21.6. The lowest BCUT2D eigenvalue weighted by Gasteiger charge is -2.21. The number of rotatable bonds is 7. The molecule has 44 heavy (non-hydrogen) atoms. The number of fused-ring (bicyclic) bond motifs is 2. The van der Waals surface area contributed by atoms with E-state index < -0.39 is 5.97 Å². The van der Waals surface area contributed by atoms with E-state index in [9.17, 15) is 25.2 Å². The lowest BCUT2D eigenvalue weighted by molar-refractivity contribution is 0.0733. The van der Waals surface area contributed by atoms with Crippen LogP contribution >= 0.6 is 0 Å².